The highest BCUT2D eigenvalue weighted by Gasteiger charge is 2.44. The fourth-order valence-corrected chi connectivity index (χ4v) is 1.28. The fraction of sp³-hybridized carbons (Fsp3) is 1.00. The molecule has 2 aliphatic rings. The van der Waals surface area contributed by atoms with Crippen LogP contribution < -0.4 is 5.32 Å². The molecule has 1 aliphatic heterocycles. The Hall–Kier alpha value is -0.0400. The van der Waals surface area contributed by atoms with E-state index in [1.54, 1.807) is 0 Å². The van der Waals surface area contributed by atoms with Crippen molar-refractivity contribution in [3.05, 3.63) is 0 Å². The summed E-state index contributed by atoms with van der Waals surface area (Å²) in [6, 6.07) is 0.940. The SMILES string of the molecule is CC1CC1C1CN1. The summed E-state index contributed by atoms with van der Waals surface area (Å²) in [7, 11) is 0. The normalized spacial score (nSPS) is 57.0. The summed E-state index contributed by atoms with van der Waals surface area (Å²) in [4.78, 5) is 0. The van der Waals surface area contributed by atoms with Crippen LogP contribution in [0.3, 0.4) is 0 Å². The van der Waals surface area contributed by atoms with Gasteiger partial charge in [0, 0.05) is 12.6 Å². The van der Waals surface area contributed by atoms with Crippen molar-refractivity contribution in [3.63, 3.8) is 0 Å². The van der Waals surface area contributed by atoms with Crippen molar-refractivity contribution in [3.8, 4) is 0 Å². The first-order valence-corrected chi connectivity index (χ1v) is 3.11. The average molecular weight is 97.2 g/mol. The Morgan fingerprint density at radius 2 is 2.14 bits per heavy atom. The maximum atomic E-state index is 3.33. The Labute approximate surface area is 44.1 Å². The van der Waals surface area contributed by atoms with Gasteiger partial charge in [0.1, 0.15) is 0 Å². The molecule has 0 aromatic heterocycles. The molecule has 2 fully saturated rings. The molecule has 1 N–H and O–H groups in total. The van der Waals surface area contributed by atoms with E-state index < -0.39 is 0 Å². The number of hydrogen-bond acceptors (Lipinski definition) is 1. The lowest BCUT2D eigenvalue weighted by Gasteiger charge is -1.81. The van der Waals surface area contributed by atoms with E-state index in [2.05, 4.69) is 12.2 Å². The Bertz CT molecular complexity index is 86.2. The molecule has 40 valence electrons. The number of nitrogens with one attached hydrogen (secondary N) is 1. The third kappa shape index (κ3) is 0.556. The van der Waals surface area contributed by atoms with Crippen LogP contribution in [0.25, 0.3) is 0 Å². The smallest absolute Gasteiger partial charge is 0.0224 e. The largest absolute Gasteiger partial charge is 0.311 e. The summed E-state index contributed by atoms with van der Waals surface area (Å²) >= 11 is 0. The standard InChI is InChI=1S/C6H11N/c1-4-2-5(4)6-3-7-6/h4-7H,2-3H2,1H3. The van der Waals surface area contributed by atoms with Crippen molar-refractivity contribution in [1.82, 2.24) is 5.32 Å². The Kier molecular flexibility index (Phi) is 0.571. The summed E-state index contributed by atoms with van der Waals surface area (Å²) in [5.41, 5.74) is 0. The summed E-state index contributed by atoms with van der Waals surface area (Å²) in [5, 5.41) is 3.33. The highest BCUT2D eigenvalue weighted by molar-refractivity contribution is 5.00. The summed E-state index contributed by atoms with van der Waals surface area (Å²) < 4.78 is 0. The molecule has 0 aromatic carbocycles. The summed E-state index contributed by atoms with van der Waals surface area (Å²) in [6.45, 7) is 3.64. The van der Waals surface area contributed by atoms with Gasteiger partial charge in [-0.3, -0.25) is 0 Å². The van der Waals surface area contributed by atoms with Crippen molar-refractivity contribution in [2.24, 2.45) is 11.8 Å². The van der Waals surface area contributed by atoms with Gasteiger partial charge in [-0.15, -0.1) is 0 Å². The van der Waals surface area contributed by atoms with Crippen LogP contribution in [0.4, 0.5) is 0 Å². The first-order chi connectivity index (χ1) is 3.38. The lowest BCUT2D eigenvalue weighted by atomic mass is 10.3. The van der Waals surface area contributed by atoms with Crippen LogP contribution in [0.2, 0.25) is 0 Å². The minimum atomic E-state index is 0.940. The van der Waals surface area contributed by atoms with Gasteiger partial charge in [0.25, 0.3) is 0 Å². The highest BCUT2D eigenvalue weighted by Crippen LogP contribution is 2.43. The molecule has 2 rings (SSSR count). The number of hydrogen-bond donors (Lipinski definition) is 1. The van der Waals surface area contributed by atoms with Crippen LogP contribution >= 0.6 is 0 Å². The predicted molar refractivity (Wildman–Crippen MR) is 29.1 cm³/mol. The molecule has 1 heterocycles. The van der Waals surface area contributed by atoms with E-state index in [0.717, 1.165) is 17.9 Å². The molecule has 1 heteroatoms. The van der Waals surface area contributed by atoms with Gasteiger partial charge in [-0.05, 0) is 18.3 Å². The average Bonchev–Trinajstić information content (AvgIpc) is 2.23. The minimum absolute atomic E-state index is 0.940. The zero-order valence-electron chi connectivity index (χ0n) is 4.65. The Balaban J connectivity index is 1.88. The summed E-state index contributed by atoms with van der Waals surface area (Å²) in [5.74, 6) is 2.11. The molecule has 1 nitrogen and oxygen atoms in total. The second-order valence-corrected chi connectivity index (χ2v) is 2.89. The zero-order valence-corrected chi connectivity index (χ0v) is 4.65. The van der Waals surface area contributed by atoms with Crippen molar-refractivity contribution < 1.29 is 0 Å². The van der Waals surface area contributed by atoms with Gasteiger partial charge < -0.3 is 5.32 Å². The van der Waals surface area contributed by atoms with Crippen molar-refractivity contribution in [2.75, 3.05) is 6.54 Å². The van der Waals surface area contributed by atoms with E-state index in [1.165, 1.54) is 13.0 Å². The maximum Gasteiger partial charge on any atom is 0.0224 e. The molecule has 3 unspecified atom stereocenters. The Morgan fingerprint density at radius 3 is 2.29 bits per heavy atom. The van der Waals surface area contributed by atoms with E-state index in [0.29, 0.717) is 0 Å². The van der Waals surface area contributed by atoms with Crippen LogP contribution in [-0.2, 0) is 0 Å². The third-order valence-corrected chi connectivity index (χ3v) is 2.13. The monoisotopic (exact) mass is 97.1 g/mol. The molecule has 0 spiro atoms. The van der Waals surface area contributed by atoms with E-state index in [9.17, 15) is 0 Å². The van der Waals surface area contributed by atoms with Crippen molar-refractivity contribution >= 4 is 0 Å². The van der Waals surface area contributed by atoms with Crippen LogP contribution in [0.15, 0.2) is 0 Å². The topological polar surface area (TPSA) is 21.9 Å². The van der Waals surface area contributed by atoms with Gasteiger partial charge in [0.15, 0.2) is 0 Å². The summed E-state index contributed by atoms with van der Waals surface area (Å²) in [6.07, 6.45) is 1.48. The predicted octanol–water partition coefficient (Wildman–Crippen LogP) is 0.614. The van der Waals surface area contributed by atoms with Gasteiger partial charge in [0.05, 0.1) is 0 Å². The van der Waals surface area contributed by atoms with E-state index in [4.69, 9.17) is 0 Å². The van der Waals surface area contributed by atoms with Gasteiger partial charge in [-0.25, -0.2) is 0 Å². The van der Waals surface area contributed by atoms with Crippen LogP contribution in [-0.4, -0.2) is 12.6 Å². The molecule has 1 saturated heterocycles. The molecule has 0 bridgehead atoms. The Morgan fingerprint density at radius 1 is 1.57 bits per heavy atom. The lowest BCUT2D eigenvalue weighted by Crippen LogP contribution is -1.92. The van der Waals surface area contributed by atoms with Gasteiger partial charge >= 0.3 is 0 Å². The molecule has 7 heavy (non-hydrogen) atoms. The van der Waals surface area contributed by atoms with E-state index >= 15 is 0 Å². The maximum absolute atomic E-state index is 3.33. The van der Waals surface area contributed by atoms with Crippen LogP contribution in [0.5, 0.6) is 0 Å². The second kappa shape index (κ2) is 1.03. The van der Waals surface area contributed by atoms with Crippen molar-refractivity contribution in [2.45, 2.75) is 19.4 Å². The van der Waals surface area contributed by atoms with E-state index in [1.807, 2.05) is 0 Å². The minimum Gasteiger partial charge on any atom is -0.311 e. The van der Waals surface area contributed by atoms with Gasteiger partial charge in [0.2, 0.25) is 0 Å². The second-order valence-electron chi connectivity index (χ2n) is 2.89. The van der Waals surface area contributed by atoms with Crippen LogP contribution in [0, 0.1) is 11.8 Å². The number of rotatable bonds is 1. The lowest BCUT2D eigenvalue weighted by molar-refractivity contribution is 0.731. The van der Waals surface area contributed by atoms with Gasteiger partial charge in [-0.2, -0.15) is 0 Å². The molecular formula is C6H11N. The quantitative estimate of drug-likeness (QED) is 0.476. The fourth-order valence-electron chi connectivity index (χ4n) is 1.28. The van der Waals surface area contributed by atoms with E-state index in [-0.39, 0.29) is 0 Å². The molecule has 3 atom stereocenters. The molecule has 1 aliphatic carbocycles. The van der Waals surface area contributed by atoms with Gasteiger partial charge in [-0.1, -0.05) is 6.92 Å². The zero-order chi connectivity index (χ0) is 4.85. The molecule has 0 radical (unpaired) electrons. The molecule has 1 saturated carbocycles. The van der Waals surface area contributed by atoms with Crippen LogP contribution in [0.1, 0.15) is 13.3 Å². The molecule has 0 amide bonds. The first kappa shape index (κ1) is 3.90. The first-order valence-electron chi connectivity index (χ1n) is 3.11. The third-order valence-electron chi connectivity index (χ3n) is 2.13. The molecule has 0 aromatic rings. The highest BCUT2D eigenvalue weighted by atomic mass is 15.1. The molecular weight excluding hydrogens is 86.1 g/mol. The van der Waals surface area contributed by atoms with Crippen molar-refractivity contribution in [1.29, 1.82) is 0 Å².